The van der Waals surface area contributed by atoms with E-state index in [1.807, 2.05) is 0 Å². The first-order valence-corrected chi connectivity index (χ1v) is 19.8. The Kier molecular flexibility index (Phi) is 8.72. The molecule has 0 aromatic heterocycles. The van der Waals surface area contributed by atoms with E-state index in [9.17, 15) is 14.7 Å². The summed E-state index contributed by atoms with van der Waals surface area (Å²) in [5.41, 5.74) is -0.151. The average Bonchev–Trinajstić information content (AvgIpc) is 3.82. The molecule has 262 valence electrons. The smallest absolute Gasteiger partial charge is 0.315 e. The van der Waals surface area contributed by atoms with Crippen molar-refractivity contribution in [1.29, 1.82) is 0 Å². The summed E-state index contributed by atoms with van der Waals surface area (Å²) < 4.78 is 7.46. The number of carbonyl (C=O) groups excluding carboxylic acids is 1. The Morgan fingerprint density at radius 1 is 1.02 bits per heavy atom. The molecule has 0 amide bonds. The van der Waals surface area contributed by atoms with Crippen molar-refractivity contribution in [3.63, 3.8) is 0 Å². The molecule has 6 nitrogen and oxygen atoms in total. The molecule has 0 radical (unpaired) electrons. The Labute approximate surface area is 289 Å². The molecule has 6 heteroatoms. The Hall–Kier alpha value is -2.02. The van der Waals surface area contributed by atoms with Crippen molar-refractivity contribution < 1.29 is 19.4 Å². The molecule has 3 saturated heterocycles. The van der Waals surface area contributed by atoms with Gasteiger partial charge < -0.3 is 24.4 Å². The summed E-state index contributed by atoms with van der Waals surface area (Å²) in [4.78, 5) is 33.3. The number of hydrogen-bond acceptors (Lipinski definition) is 5. The van der Waals surface area contributed by atoms with Gasteiger partial charge >= 0.3 is 5.97 Å². The van der Waals surface area contributed by atoms with Gasteiger partial charge in [0.25, 0.3) is 0 Å². The topological polar surface area (TPSA) is 70.1 Å². The Balaban J connectivity index is 1.11. The molecule has 6 fully saturated rings. The van der Waals surface area contributed by atoms with Gasteiger partial charge in [-0.15, -0.1) is 0 Å². The number of aldehydes is 1. The Morgan fingerprint density at radius 3 is 2.46 bits per heavy atom. The zero-order chi connectivity index (χ0) is 33.3. The summed E-state index contributed by atoms with van der Waals surface area (Å²) in [7, 11) is 0. The van der Waals surface area contributed by atoms with Crippen molar-refractivity contribution in [2.45, 2.75) is 116 Å². The van der Waals surface area contributed by atoms with E-state index < -0.39 is 22.2 Å². The van der Waals surface area contributed by atoms with Crippen LogP contribution in [0.5, 0.6) is 0 Å². The van der Waals surface area contributed by atoms with Gasteiger partial charge in [-0.25, -0.2) is 0 Å². The van der Waals surface area contributed by atoms with E-state index in [0.29, 0.717) is 24.2 Å². The van der Waals surface area contributed by atoms with Gasteiger partial charge in [-0.1, -0.05) is 75.6 Å². The summed E-state index contributed by atoms with van der Waals surface area (Å²) in [6.07, 6.45) is 16.7. The second-order valence-corrected chi connectivity index (χ2v) is 17.7. The molecular formula is C42H60N2O4. The predicted octanol–water partition coefficient (Wildman–Crippen LogP) is 7.27. The van der Waals surface area contributed by atoms with E-state index in [-0.39, 0.29) is 30.0 Å². The SMILES string of the molecule is CC(C)C1=CC2CC3(C=O)[C@@H]4CC[C@@H](C)[C@H]4CC2(C2CC(CCc4ccccc4)C(CN4CCC(N5CCCCC5)CC4)O2)C13C(=O)O. The van der Waals surface area contributed by atoms with Gasteiger partial charge in [0.05, 0.1) is 17.6 Å². The Morgan fingerprint density at radius 2 is 1.77 bits per heavy atom. The molecule has 8 rings (SSSR count). The number of nitrogens with zero attached hydrogens (tertiary/aromatic N) is 2. The molecule has 48 heavy (non-hydrogen) atoms. The molecule has 3 saturated carbocycles. The summed E-state index contributed by atoms with van der Waals surface area (Å²) >= 11 is 0. The molecule has 0 spiro atoms. The fourth-order valence-electron chi connectivity index (χ4n) is 13.5. The number of allylic oxidation sites excluding steroid dienone is 1. The number of carboxylic acid groups (broad SMARTS) is 1. The minimum Gasteiger partial charge on any atom is -0.481 e. The molecule has 1 aromatic carbocycles. The number of aryl methyl sites for hydroxylation is 1. The van der Waals surface area contributed by atoms with Crippen LogP contribution in [-0.2, 0) is 20.7 Å². The summed E-state index contributed by atoms with van der Waals surface area (Å²) in [5, 5.41) is 11.6. The summed E-state index contributed by atoms with van der Waals surface area (Å²) in [6, 6.07) is 11.6. The normalized spacial score (nSPS) is 43.1. The lowest BCUT2D eigenvalue weighted by molar-refractivity contribution is -0.197. The fourth-order valence-corrected chi connectivity index (χ4v) is 13.5. The van der Waals surface area contributed by atoms with Crippen LogP contribution < -0.4 is 0 Å². The first kappa shape index (κ1) is 33.1. The van der Waals surface area contributed by atoms with E-state index in [1.165, 1.54) is 57.0 Å². The lowest BCUT2D eigenvalue weighted by Gasteiger charge is -2.60. The predicted molar refractivity (Wildman–Crippen MR) is 188 cm³/mol. The molecule has 1 N–H and O–H groups in total. The average molecular weight is 657 g/mol. The molecule has 10 atom stereocenters. The molecule has 3 aliphatic heterocycles. The van der Waals surface area contributed by atoms with Gasteiger partial charge in [0.1, 0.15) is 11.7 Å². The Bertz CT molecular complexity index is 1380. The number of carbonyl (C=O) groups is 2. The monoisotopic (exact) mass is 656 g/mol. The quantitative estimate of drug-likeness (QED) is 0.211. The zero-order valence-corrected chi connectivity index (χ0v) is 29.8. The number of benzene rings is 1. The first-order chi connectivity index (χ1) is 23.2. The van der Waals surface area contributed by atoms with Crippen molar-refractivity contribution in [1.82, 2.24) is 9.80 Å². The van der Waals surface area contributed by atoms with Crippen LogP contribution in [0, 0.1) is 51.8 Å². The molecule has 4 bridgehead atoms. The van der Waals surface area contributed by atoms with Gasteiger partial charge in [0.2, 0.25) is 0 Å². The second kappa shape index (κ2) is 12.6. The van der Waals surface area contributed by atoms with Crippen LogP contribution in [0.15, 0.2) is 42.0 Å². The van der Waals surface area contributed by atoms with Gasteiger partial charge in [-0.05, 0) is 131 Å². The lowest BCUT2D eigenvalue weighted by Crippen LogP contribution is -2.65. The van der Waals surface area contributed by atoms with E-state index in [1.54, 1.807) is 0 Å². The van der Waals surface area contributed by atoms with Crippen molar-refractivity contribution >= 4 is 12.3 Å². The molecule has 1 aromatic rings. The number of piperidine rings is 2. The van der Waals surface area contributed by atoms with E-state index in [0.717, 1.165) is 69.8 Å². The van der Waals surface area contributed by atoms with Gasteiger partial charge in [0.15, 0.2) is 0 Å². The molecular weight excluding hydrogens is 596 g/mol. The number of rotatable bonds is 10. The standard InChI is InChI=1S/C42H60N2O4/c1-28(2)36-23-32-24-40(27-45)35-15-12-29(3)34(35)25-41(32,42(36,40)39(46)47)38-22-31(14-13-30-10-6-4-7-11-30)37(48-38)26-43-20-16-33(17-21-43)44-18-8-5-9-19-44/h4,6-7,10-11,23,27-29,31-35,37-38H,5,8-9,12-22,24-26H2,1-3H3,(H,46,47)/t29-,31?,32?,34-,35-,37?,38?,40?,41?,42?/m1/s1. The van der Waals surface area contributed by atoms with Crippen LogP contribution in [0.25, 0.3) is 0 Å². The lowest BCUT2D eigenvalue weighted by atomic mass is 9.41. The highest BCUT2D eigenvalue weighted by Gasteiger charge is 2.86. The minimum atomic E-state index is -1.16. The zero-order valence-electron chi connectivity index (χ0n) is 29.8. The van der Waals surface area contributed by atoms with E-state index in [2.05, 4.69) is 67.0 Å². The highest BCUT2D eigenvalue weighted by molar-refractivity contribution is 5.90. The van der Waals surface area contributed by atoms with Crippen molar-refractivity contribution in [2.24, 2.45) is 51.8 Å². The first-order valence-electron chi connectivity index (χ1n) is 19.8. The van der Waals surface area contributed by atoms with Crippen LogP contribution in [0.3, 0.4) is 0 Å². The van der Waals surface area contributed by atoms with Crippen LogP contribution in [0.1, 0.15) is 97.0 Å². The molecule has 7 unspecified atom stereocenters. The van der Waals surface area contributed by atoms with Crippen LogP contribution >= 0.6 is 0 Å². The van der Waals surface area contributed by atoms with Gasteiger partial charge in [-0.2, -0.15) is 0 Å². The fraction of sp³-hybridized carbons (Fsp3) is 0.762. The highest BCUT2D eigenvalue weighted by atomic mass is 16.5. The number of ether oxygens (including phenoxy) is 1. The van der Waals surface area contributed by atoms with Crippen LogP contribution in [0.2, 0.25) is 0 Å². The third-order valence-electron chi connectivity index (χ3n) is 15.5. The van der Waals surface area contributed by atoms with Crippen LogP contribution in [0.4, 0.5) is 0 Å². The number of aliphatic carboxylic acids is 1. The number of hydrogen-bond donors (Lipinski definition) is 1. The maximum Gasteiger partial charge on any atom is 0.315 e. The van der Waals surface area contributed by atoms with Gasteiger partial charge in [0, 0.05) is 18.0 Å². The molecule has 7 aliphatic rings. The highest BCUT2D eigenvalue weighted by Crippen LogP contribution is 2.84. The largest absolute Gasteiger partial charge is 0.481 e. The van der Waals surface area contributed by atoms with Crippen molar-refractivity contribution in [3.8, 4) is 0 Å². The summed E-state index contributed by atoms with van der Waals surface area (Å²) in [5.74, 6) is 0.885. The summed E-state index contributed by atoms with van der Waals surface area (Å²) in [6.45, 7) is 12.4. The van der Waals surface area contributed by atoms with E-state index in [4.69, 9.17) is 4.74 Å². The van der Waals surface area contributed by atoms with Crippen molar-refractivity contribution in [2.75, 3.05) is 32.7 Å². The minimum absolute atomic E-state index is 0.0905. The van der Waals surface area contributed by atoms with E-state index >= 15 is 0 Å². The maximum atomic E-state index is 14.2. The third kappa shape index (κ3) is 4.74. The van der Waals surface area contributed by atoms with Crippen LogP contribution in [-0.4, -0.2) is 78.1 Å². The maximum absolute atomic E-state index is 14.2. The molecule has 4 aliphatic carbocycles. The second-order valence-electron chi connectivity index (χ2n) is 17.7. The number of fused-ring (bicyclic) bond motifs is 2. The van der Waals surface area contributed by atoms with Crippen molar-refractivity contribution in [3.05, 3.63) is 47.5 Å². The van der Waals surface area contributed by atoms with Gasteiger partial charge in [-0.3, -0.25) is 4.79 Å². The number of carboxylic acids is 1. The number of likely N-dealkylation sites (tertiary alicyclic amines) is 2. The third-order valence-corrected chi connectivity index (χ3v) is 15.5. The molecule has 3 heterocycles.